The standard InChI is InChI=1S/C10H19F3O5S/c1-8(2,18-19(5,14)15)6-7-16-9(3,4)17-10(11,12)13/h6-7H2,1-5H3. The van der Waals surface area contributed by atoms with Gasteiger partial charge < -0.3 is 4.74 Å². The predicted octanol–water partition coefficient (Wildman–Crippen LogP) is 2.42. The van der Waals surface area contributed by atoms with Crippen molar-refractivity contribution in [3.63, 3.8) is 0 Å². The van der Waals surface area contributed by atoms with Gasteiger partial charge in [0.05, 0.1) is 18.5 Å². The van der Waals surface area contributed by atoms with Crippen LogP contribution < -0.4 is 0 Å². The first-order valence-electron chi connectivity index (χ1n) is 5.43. The zero-order valence-corrected chi connectivity index (χ0v) is 12.3. The zero-order chi connectivity index (χ0) is 15.5. The van der Waals surface area contributed by atoms with E-state index in [1.807, 2.05) is 0 Å². The highest BCUT2D eigenvalue weighted by molar-refractivity contribution is 7.86. The van der Waals surface area contributed by atoms with Crippen molar-refractivity contribution in [3.8, 4) is 0 Å². The normalized spacial score (nSPS) is 14.7. The average molecular weight is 308 g/mol. The topological polar surface area (TPSA) is 61.8 Å². The molecule has 0 aliphatic heterocycles. The molecule has 0 fully saturated rings. The molecule has 0 atom stereocenters. The minimum absolute atomic E-state index is 0.0880. The highest BCUT2D eigenvalue weighted by Gasteiger charge is 2.38. The van der Waals surface area contributed by atoms with Gasteiger partial charge in [-0.1, -0.05) is 0 Å². The lowest BCUT2D eigenvalue weighted by atomic mass is 10.1. The minimum Gasteiger partial charge on any atom is -0.350 e. The summed E-state index contributed by atoms with van der Waals surface area (Å²) in [5.41, 5.74) is -1.07. The second-order valence-corrected chi connectivity index (χ2v) is 6.67. The molecule has 0 amide bonds. The van der Waals surface area contributed by atoms with Crippen molar-refractivity contribution >= 4 is 10.1 Å². The second-order valence-electron chi connectivity index (χ2n) is 5.09. The van der Waals surface area contributed by atoms with Gasteiger partial charge in [-0.05, 0) is 27.7 Å². The first-order valence-corrected chi connectivity index (χ1v) is 7.25. The van der Waals surface area contributed by atoms with E-state index in [0.29, 0.717) is 0 Å². The molecule has 5 nitrogen and oxygen atoms in total. The zero-order valence-electron chi connectivity index (χ0n) is 11.5. The molecule has 116 valence electrons. The Bertz CT molecular complexity index is 386. The van der Waals surface area contributed by atoms with Crippen molar-refractivity contribution in [2.24, 2.45) is 0 Å². The lowest BCUT2D eigenvalue weighted by Gasteiger charge is -2.29. The second kappa shape index (κ2) is 5.94. The summed E-state index contributed by atoms with van der Waals surface area (Å²) in [6.07, 6.45) is -3.82. The fourth-order valence-corrected chi connectivity index (χ4v) is 2.21. The van der Waals surface area contributed by atoms with Crippen LogP contribution in [0.15, 0.2) is 0 Å². The van der Waals surface area contributed by atoms with Gasteiger partial charge in [0.1, 0.15) is 0 Å². The first kappa shape index (κ1) is 18.6. The molecule has 0 saturated carbocycles. The molecule has 0 unspecified atom stereocenters. The molecule has 0 aliphatic carbocycles. The van der Waals surface area contributed by atoms with E-state index in [1.54, 1.807) is 0 Å². The van der Waals surface area contributed by atoms with Crippen LogP contribution in [0, 0.1) is 0 Å². The molecule has 0 bridgehead atoms. The molecule has 0 rings (SSSR count). The van der Waals surface area contributed by atoms with Crippen LogP contribution in [0.3, 0.4) is 0 Å². The maximum atomic E-state index is 12.0. The van der Waals surface area contributed by atoms with E-state index in [9.17, 15) is 21.6 Å². The van der Waals surface area contributed by atoms with Gasteiger partial charge in [0, 0.05) is 6.42 Å². The highest BCUT2D eigenvalue weighted by Crippen LogP contribution is 2.26. The lowest BCUT2D eigenvalue weighted by Crippen LogP contribution is -2.37. The van der Waals surface area contributed by atoms with Crippen LogP contribution in [0.5, 0.6) is 0 Å². The Morgan fingerprint density at radius 1 is 1.05 bits per heavy atom. The molecular formula is C10H19F3O5S. The van der Waals surface area contributed by atoms with Gasteiger partial charge in [-0.25, -0.2) is 0 Å². The Kier molecular flexibility index (Phi) is 5.82. The summed E-state index contributed by atoms with van der Waals surface area (Å²) in [5.74, 6) is -1.85. The summed E-state index contributed by atoms with van der Waals surface area (Å²) in [5, 5.41) is 0. The Hall–Kier alpha value is -0.380. The van der Waals surface area contributed by atoms with E-state index in [1.165, 1.54) is 13.8 Å². The average Bonchev–Trinajstić information content (AvgIpc) is 1.90. The van der Waals surface area contributed by atoms with Crippen molar-refractivity contribution in [3.05, 3.63) is 0 Å². The molecule has 19 heavy (non-hydrogen) atoms. The van der Waals surface area contributed by atoms with E-state index >= 15 is 0 Å². The molecule has 0 heterocycles. The van der Waals surface area contributed by atoms with Gasteiger partial charge in [0.25, 0.3) is 10.1 Å². The van der Waals surface area contributed by atoms with Gasteiger partial charge in [-0.2, -0.15) is 8.42 Å². The Morgan fingerprint density at radius 3 is 1.89 bits per heavy atom. The Labute approximate surface area is 111 Å². The number of halogens is 3. The van der Waals surface area contributed by atoms with Crippen LogP contribution in [0.4, 0.5) is 13.2 Å². The summed E-state index contributed by atoms with van der Waals surface area (Å²) >= 11 is 0. The number of rotatable bonds is 7. The van der Waals surface area contributed by atoms with Gasteiger partial charge in [-0.3, -0.25) is 8.92 Å². The van der Waals surface area contributed by atoms with Crippen LogP contribution >= 0.6 is 0 Å². The highest BCUT2D eigenvalue weighted by atomic mass is 32.2. The summed E-state index contributed by atoms with van der Waals surface area (Å²) < 4.78 is 71.5. The maximum Gasteiger partial charge on any atom is 0.524 e. The molecule has 0 aromatic heterocycles. The predicted molar refractivity (Wildman–Crippen MR) is 61.8 cm³/mol. The van der Waals surface area contributed by atoms with Crippen molar-refractivity contribution in [1.29, 1.82) is 0 Å². The van der Waals surface area contributed by atoms with Crippen molar-refractivity contribution in [2.45, 2.75) is 51.9 Å². The molecule has 0 radical (unpaired) electrons. The molecule has 0 aliphatic rings. The van der Waals surface area contributed by atoms with Crippen LogP contribution in [-0.2, 0) is 23.8 Å². The SMILES string of the molecule is CC(C)(CCOC(C)(C)OC(F)(F)F)OS(C)(=O)=O. The van der Waals surface area contributed by atoms with Crippen LogP contribution in [-0.4, -0.2) is 39.0 Å². The van der Waals surface area contributed by atoms with Crippen LogP contribution in [0.2, 0.25) is 0 Å². The Morgan fingerprint density at radius 2 is 1.53 bits per heavy atom. The van der Waals surface area contributed by atoms with Crippen molar-refractivity contribution in [2.75, 3.05) is 12.9 Å². The molecule has 0 spiro atoms. The van der Waals surface area contributed by atoms with Gasteiger partial charge in [-0.15, -0.1) is 13.2 Å². The molecule has 0 aromatic rings. The molecule has 0 aromatic carbocycles. The lowest BCUT2D eigenvalue weighted by molar-refractivity contribution is -0.408. The van der Waals surface area contributed by atoms with Gasteiger partial charge in [0.15, 0.2) is 5.79 Å². The molecule has 9 heteroatoms. The molecule has 0 saturated heterocycles. The van der Waals surface area contributed by atoms with Gasteiger partial charge >= 0.3 is 6.36 Å². The first-order chi connectivity index (χ1) is 8.12. The van der Waals surface area contributed by atoms with E-state index in [4.69, 9.17) is 8.92 Å². The number of hydrogen-bond donors (Lipinski definition) is 0. The van der Waals surface area contributed by atoms with E-state index in [0.717, 1.165) is 20.1 Å². The quantitative estimate of drug-likeness (QED) is 0.534. The molecule has 0 N–H and O–H groups in total. The molecular weight excluding hydrogens is 289 g/mol. The van der Waals surface area contributed by atoms with Crippen LogP contribution in [0.1, 0.15) is 34.1 Å². The van der Waals surface area contributed by atoms with Crippen LogP contribution in [0.25, 0.3) is 0 Å². The van der Waals surface area contributed by atoms with E-state index in [2.05, 4.69) is 4.74 Å². The minimum atomic E-state index is -4.80. The number of ether oxygens (including phenoxy) is 2. The fourth-order valence-electron chi connectivity index (χ4n) is 1.30. The number of alkyl halides is 3. The monoisotopic (exact) mass is 308 g/mol. The van der Waals surface area contributed by atoms with E-state index < -0.39 is 27.9 Å². The fraction of sp³-hybridized carbons (Fsp3) is 1.00. The largest absolute Gasteiger partial charge is 0.524 e. The third-order valence-corrected chi connectivity index (χ3v) is 2.65. The van der Waals surface area contributed by atoms with E-state index in [-0.39, 0.29) is 13.0 Å². The summed E-state index contributed by atoms with van der Waals surface area (Å²) in [6, 6.07) is 0. The van der Waals surface area contributed by atoms with Crippen molar-refractivity contribution in [1.82, 2.24) is 0 Å². The number of hydrogen-bond acceptors (Lipinski definition) is 5. The third kappa shape index (κ3) is 11.2. The maximum absolute atomic E-state index is 12.0. The smallest absolute Gasteiger partial charge is 0.350 e. The third-order valence-electron chi connectivity index (χ3n) is 1.89. The summed E-state index contributed by atoms with van der Waals surface area (Å²) in [7, 11) is -3.64. The van der Waals surface area contributed by atoms with Gasteiger partial charge in [0.2, 0.25) is 0 Å². The Balaban J connectivity index is 4.29. The summed E-state index contributed by atoms with van der Waals surface area (Å²) in [4.78, 5) is 0. The van der Waals surface area contributed by atoms with Crippen molar-refractivity contribution < 1.29 is 35.2 Å². The summed E-state index contributed by atoms with van der Waals surface area (Å²) in [6.45, 7) is 5.07.